The lowest BCUT2D eigenvalue weighted by Gasteiger charge is -2.11. The summed E-state index contributed by atoms with van der Waals surface area (Å²) >= 11 is 0. The monoisotopic (exact) mass is 142 g/mol. The summed E-state index contributed by atoms with van der Waals surface area (Å²) in [6, 6.07) is 0. The Morgan fingerprint density at radius 3 is 2.40 bits per heavy atom. The van der Waals surface area contributed by atoms with Crippen molar-refractivity contribution in [2.45, 2.75) is 33.3 Å². The van der Waals surface area contributed by atoms with Crippen LogP contribution >= 0.6 is 0 Å². The van der Waals surface area contributed by atoms with Crippen molar-refractivity contribution < 1.29 is 4.74 Å². The molecule has 60 valence electrons. The van der Waals surface area contributed by atoms with E-state index in [0.717, 1.165) is 13.0 Å². The predicted molar refractivity (Wildman–Crippen MR) is 45.1 cm³/mol. The first-order valence-corrected chi connectivity index (χ1v) is 3.89. The maximum absolute atomic E-state index is 5.41. The van der Waals surface area contributed by atoms with E-state index < -0.39 is 0 Å². The topological polar surface area (TPSA) is 9.23 Å². The largest absolute Gasteiger partial charge is 0.379 e. The molecule has 1 heteroatoms. The van der Waals surface area contributed by atoms with Gasteiger partial charge in [-0.3, -0.25) is 0 Å². The van der Waals surface area contributed by atoms with E-state index in [2.05, 4.69) is 27.4 Å². The van der Waals surface area contributed by atoms with Crippen molar-refractivity contribution >= 4 is 0 Å². The highest BCUT2D eigenvalue weighted by Gasteiger charge is 2.00. The molecule has 0 aliphatic rings. The van der Waals surface area contributed by atoms with Crippen LogP contribution in [0.4, 0.5) is 0 Å². The summed E-state index contributed by atoms with van der Waals surface area (Å²) in [5.41, 5.74) is 0. The molecule has 0 radical (unpaired) electrons. The van der Waals surface area contributed by atoms with E-state index in [1.54, 1.807) is 0 Å². The Morgan fingerprint density at radius 2 is 2.00 bits per heavy atom. The van der Waals surface area contributed by atoms with Crippen LogP contribution in [0.5, 0.6) is 0 Å². The standard InChI is InChI=1S/C9H18O/c1-5-6-9(4)7-10-8(2)3/h5,8-9H,1,6-7H2,2-4H3. The number of allylic oxidation sites excluding steroid dienone is 1. The highest BCUT2D eigenvalue weighted by atomic mass is 16.5. The highest BCUT2D eigenvalue weighted by molar-refractivity contribution is 4.69. The van der Waals surface area contributed by atoms with Gasteiger partial charge in [0.1, 0.15) is 0 Å². The number of rotatable bonds is 5. The molecule has 1 atom stereocenters. The normalized spacial score (nSPS) is 13.6. The van der Waals surface area contributed by atoms with Gasteiger partial charge in [-0.15, -0.1) is 6.58 Å². The second-order valence-electron chi connectivity index (χ2n) is 3.01. The van der Waals surface area contributed by atoms with Crippen molar-refractivity contribution in [1.82, 2.24) is 0 Å². The van der Waals surface area contributed by atoms with Crippen LogP contribution in [0.2, 0.25) is 0 Å². The van der Waals surface area contributed by atoms with Crippen molar-refractivity contribution in [3.63, 3.8) is 0 Å². The summed E-state index contributed by atoms with van der Waals surface area (Å²) in [6.07, 6.45) is 3.34. The third kappa shape index (κ3) is 5.83. The van der Waals surface area contributed by atoms with Gasteiger partial charge < -0.3 is 4.74 Å². The summed E-state index contributed by atoms with van der Waals surface area (Å²) in [4.78, 5) is 0. The molecule has 0 N–H and O–H groups in total. The molecule has 0 aromatic heterocycles. The second-order valence-corrected chi connectivity index (χ2v) is 3.01. The van der Waals surface area contributed by atoms with E-state index in [-0.39, 0.29) is 0 Å². The fourth-order valence-corrected chi connectivity index (χ4v) is 0.709. The van der Waals surface area contributed by atoms with Crippen LogP contribution in [-0.4, -0.2) is 12.7 Å². The molecule has 0 aromatic carbocycles. The molecule has 0 bridgehead atoms. The molecule has 10 heavy (non-hydrogen) atoms. The Hall–Kier alpha value is -0.300. The Kier molecular flexibility index (Phi) is 5.32. The van der Waals surface area contributed by atoms with Crippen LogP contribution in [0.25, 0.3) is 0 Å². The van der Waals surface area contributed by atoms with Gasteiger partial charge in [0.15, 0.2) is 0 Å². The highest BCUT2D eigenvalue weighted by Crippen LogP contribution is 2.03. The fraction of sp³-hybridized carbons (Fsp3) is 0.778. The molecule has 0 aliphatic carbocycles. The molecule has 0 aromatic rings. The molecule has 0 amide bonds. The van der Waals surface area contributed by atoms with Gasteiger partial charge in [-0.05, 0) is 26.2 Å². The van der Waals surface area contributed by atoms with Gasteiger partial charge in [0.2, 0.25) is 0 Å². The summed E-state index contributed by atoms with van der Waals surface area (Å²) < 4.78 is 5.41. The molecule has 0 saturated heterocycles. The Morgan fingerprint density at radius 1 is 1.40 bits per heavy atom. The lowest BCUT2D eigenvalue weighted by molar-refractivity contribution is 0.0559. The van der Waals surface area contributed by atoms with Crippen molar-refractivity contribution in [3.8, 4) is 0 Å². The molecule has 1 nitrogen and oxygen atoms in total. The van der Waals surface area contributed by atoms with Crippen molar-refractivity contribution in [2.75, 3.05) is 6.61 Å². The van der Waals surface area contributed by atoms with Crippen molar-refractivity contribution in [2.24, 2.45) is 5.92 Å². The summed E-state index contributed by atoms with van der Waals surface area (Å²) in [5, 5.41) is 0. The molecular formula is C9H18O. The molecular weight excluding hydrogens is 124 g/mol. The third-order valence-corrected chi connectivity index (χ3v) is 1.28. The lowest BCUT2D eigenvalue weighted by Crippen LogP contribution is -2.10. The molecule has 1 unspecified atom stereocenters. The van der Waals surface area contributed by atoms with Crippen LogP contribution in [0.15, 0.2) is 12.7 Å². The minimum absolute atomic E-state index is 0.354. The Bertz CT molecular complexity index is 86.7. The average Bonchev–Trinajstić information content (AvgIpc) is 1.85. The molecule has 0 fully saturated rings. The summed E-state index contributed by atoms with van der Waals surface area (Å²) in [5.74, 6) is 0.611. The molecule has 0 rings (SSSR count). The van der Waals surface area contributed by atoms with Gasteiger partial charge >= 0.3 is 0 Å². The predicted octanol–water partition coefficient (Wildman–Crippen LogP) is 2.62. The zero-order valence-electron chi connectivity index (χ0n) is 7.26. The SMILES string of the molecule is C=CCC(C)COC(C)C. The van der Waals surface area contributed by atoms with Gasteiger partial charge in [0.25, 0.3) is 0 Å². The van der Waals surface area contributed by atoms with E-state index >= 15 is 0 Å². The quantitative estimate of drug-likeness (QED) is 0.536. The van der Waals surface area contributed by atoms with Crippen LogP contribution in [0.3, 0.4) is 0 Å². The van der Waals surface area contributed by atoms with E-state index in [0.29, 0.717) is 12.0 Å². The van der Waals surface area contributed by atoms with Crippen LogP contribution < -0.4 is 0 Å². The zero-order valence-corrected chi connectivity index (χ0v) is 7.26. The van der Waals surface area contributed by atoms with Crippen LogP contribution in [0.1, 0.15) is 27.2 Å². The first-order valence-electron chi connectivity index (χ1n) is 3.89. The Balaban J connectivity index is 3.20. The first-order chi connectivity index (χ1) is 4.66. The van der Waals surface area contributed by atoms with E-state index in [1.165, 1.54) is 0 Å². The maximum atomic E-state index is 5.41. The lowest BCUT2D eigenvalue weighted by atomic mass is 10.1. The van der Waals surface area contributed by atoms with Gasteiger partial charge in [-0.25, -0.2) is 0 Å². The molecule has 0 heterocycles. The van der Waals surface area contributed by atoms with E-state index in [4.69, 9.17) is 4.74 Å². The van der Waals surface area contributed by atoms with E-state index in [1.807, 2.05) is 6.08 Å². The van der Waals surface area contributed by atoms with Gasteiger partial charge in [-0.2, -0.15) is 0 Å². The fourth-order valence-electron chi connectivity index (χ4n) is 0.709. The maximum Gasteiger partial charge on any atom is 0.0519 e. The number of ether oxygens (including phenoxy) is 1. The third-order valence-electron chi connectivity index (χ3n) is 1.28. The first kappa shape index (κ1) is 9.70. The number of hydrogen-bond acceptors (Lipinski definition) is 1. The second kappa shape index (κ2) is 5.48. The molecule has 0 spiro atoms. The van der Waals surface area contributed by atoms with Gasteiger partial charge in [-0.1, -0.05) is 13.0 Å². The van der Waals surface area contributed by atoms with Gasteiger partial charge in [0, 0.05) is 6.61 Å². The average molecular weight is 142 g/mol. The van der Waals surface area contributed by atoms with Gasteiger partial charge in [0.05, 0.1) is 6.10 Å². The van der Waals surface area contributed by atoms with E-state index in [9.17, 15) is 0 Å². The number of hydrogen-bond donors (Lipinski definition) is 0. The zero-order chi connectivity index (χ0) is 7.98. The van der Waals surface area contributed by atoms with Crippen molar-refractivity contribution in [3.05, 3.63) is 12.7 Å². The smallest absolute Gasteiger partial charge is 0.0519 e. The summed E-state index contributed by atoms with van der Waals surface area (Å²) in [7, 11) is 0. The molecule has 0 aliphatic heterocycles. The van der Waals surface area contributed by atoms with Crippen LogP contribution in [0, 0.1) is 5.92 Å². The van der Waals surface area contributed by atoms with Crippen molar-refractivity contribution in [1.29, 1.82) is 0 Å². The minimum Gasteiger partial charge on any atom is -0.379 e. The summed E-state index contributed by atoms with van der Waals surface area (Å²) in [6.45, 7) is 10.8. The van der Waals surface area contributed by atoms with Crippen LogP contribution in [-0.2, 0) is 4.74 Å². The molecule has 0 saturated carbocycles. The Labute approximate surface area is 64.1 Å². The minimum atomic E-state index is 0.354.